The summed E-state index contributed by atoms with van der Waals surface area (Å²) in [5.41, 5.74) is 12.3. The molecular weight excluding hydrogens is 689 g/mol. The van der Waals surface area contributed by atoms with Gasteiger partial charge in [0.05, 0.1) is 5.69 Å². The molecule has 0 unspecified atom stereocenters. The Labute approximate surface area is 333 Å². The van der Waals surface area contributed by atoms with E-state index < -0.39 is 0 Å². The van der Waals surface area contributed by atoms with Crippen LogP contribution < -0.4 is 15.0 Å². The molecule has 0 spiro atoms. The zero-order valence-corrected chi connectivity index (χ0v) is 31.9. The van der Waals surface area contributed by atoms with Crippen molar-refractivity contribution in [2.75, 3.05) is 16.8 Å². The average molecular weight is 729 g/mol. The fourth-order valence-electron chi connectivity index (χ4n) is 9.40. The van der Waals surface area contributed by atoms with E-state index in [1.807, 2.05) is 0 Å². The molecule has 1 aliphatic rings. The number of anilines is 4. The van der Waals surface area contributed by atoms with Crippen LogP contribution in [-0.2, 0) is 6.42 Å². The molecule has 57 heavy (non-hydrogen) atoms. The first-order valence-electron chi connectivity index (χ1n) is 20.0. The topological polar surface area (TPSA) is 6.48 Å². The highest BCUT2D eigenvalue weighted by Gasteiger charge is 2.22. The Morgan fingerprint density at radius 2 is 0.930 bits per heavy atom. The summed E-state index contributed by atoms with van der Waals surface area (Å²) in [6, 6.07) is 73.3. The van der Waals surface area contributed by atoms with E-state index in [2.05, 4.69) is 217 Å². The molecule has 0 N–H and O–H groups in total. The minimum atomic E-state index is 1.01. The lowest BCUT2D eigenvalue weighted by atomic mass is 9.84. The second-order valence-electron chi connectivity index (χ2n) is 15.3. The molecule has 270 valence electrons. The largest absolute Gasteiger partial charge is 0.348 e. The molecular formula is C55H40N2. The minimum absolute atomic E-state index is 1.01. The predicted octanol–water partition coefficient (Wildman–Crippen LogP) is 14.0. The lowest BCUT2D eigenvalue weighted by molar-refractivity contribution is 0.966. The van der Waals surface area contributed by atoms with E-state index in [1.165, 1.54) is 87.5 Å². The summed E-state index contributed by atoms with van der Waals surface area (Å²) in [7, 11) is 2.23. The van der Waals surface area contributed by atoms with E-state index in [1.54, 1.807) is 0 Å². The summed E-state index contributed by atoms with van der Waals surface area (Å²) < 4.78 is 0. The van der Waals surface area contributed by atoms with Crippen LogP contribution in [0, 0.1) is 0 Å². The van der Waals surface area contributed by atoms with Gasteiger partial charge in [-0.3, -0.25) is 0 Å². The molecule has 10 aromatic carbocycles. The van der Waals surface area contributed by atoms with Crippen molar-refractivity contribution in [2.24, 2.45) is 0 Å². The Balaban J connectivity index is 0.948. The van der Waals surface area contributed by atoms with Crippen molar-refractivity contribution in [3.8, 4) is 22.3 Å². The monoisotopic (exact) mass is 728 g/mol. The normalized spacial score (nSPS) is 12.5. The molecule has 0 bridgehead atoms. The Morgan fingerprint density at radius 3 is 1.72 bits per heavy atom. The van der Waals surface area contributed by atoms with E-state index in [0.717, 1.165) is 29.9 Å². The van der Waals surface area contributed by atoms with Gasteiger partial charge in [0.25, 0.3) is 0 Å². The molecule has 2 heteroatoms. The standard InChI is InChI=1S/C55H40N2/c1-56(52-35-34-50-48-22-9-17-41-16-8-21-47(54(41)48)49-23-11-24-51(52)55(49)50)43-30-26-38(27-31-43)39-28-32-44(33-29-39)57(53-25-10-15-40-14-5-6-20-46(40)53)45-19-7-18-42(36-45)37-12-3-2-4-13-37/h2-33,36H,34-35H2,1H3. The van der Waals surface area contributed by atoms with Gasteiger partial charge in [-0.25, -0.2) is 0 Å². The molecule has 0 radical (unpaired) electrons. The molecule has 0 aromatic heterocycles. The van der Waals surface area contributed by atoms with Crippen LogP contribution in [0.5, 0.6) is 0 Å². The second-order valence-corrected chi connectivity index (χ2v) is 15.3. The van der Waals surface area contributed by atoms with E-state index in [4.69, 9.17) is 0 Å². The number of fused-ring (bicyclic) bond motifs is 3. The molecule has 0 heterocycles. The van der Waals surface area contributed by atoms with Crippen molar-refractivity contribution >= 4 is 71.5 Å². The van der Waals surface area contributed by atoms with E-state index in [0.29, 0.717) is 0 Å². The number of rotatable bonds is 7. The predicted molar refractivity (Wildman–Crippen MR) is 244 cm³/mol. The number of nitrogens with zero attached hydrogens (tertiary/aromatic N) is 2. The van der Waals surface area contributed by atoms with Crippen molar-refractivity contribution in [1.82, 2.24) is 0 Å². The molecule has 0 amide bonds. The van der Waals surface area contributed by atoms with Crippen molar-refractivity contribution in [2.45, 2.75) is 12.8 Å². The van der Waals surface area contributed by atoms with Crippen LogP contribution in [0.25, 0.3) is 71.0 Å². The first kappa shape index (κ1) is 33.2. The summed E-state index contributed by atoms with van der Waals surface area (Å²) in [4.78, 5) is 4.80. The van der Waals surface area contributed by atoms with Crippen LogP contribution in [0.2, 0.25) is 0 Å². The number of benzene rings is 10. The molecule has 10 aromatic rings. The molecule has 11 rings (SSSR count). The number of hydrogen-bond donors (Lipinski definition) is 0. The van der Waals surface area contributed by atoms with E-state index in [-0.39, 0.29) is 0 Å². The summed E-state index contributed by atoms with van der Waals surface area (Å²) in [5.74, 6) is 0. The van der Waals surface area contributed by atoms with E-state index in [9.17, 15) is 0 Å². The average Bonchev–Trinajstić information content (AvgIpc) is 3.28. The maximum absolute atomic E-state index is 2.41. The number of hydrogen-bond acceptors (Lipinski definition) is 2. The quantitative estimate of drug-likeness (QED) is 0.119. The molecule has 0 saturated carbocycles. The highest BCUT2D eigenvalue weighted by atomic mass is 15.1. The molecule has 1 aliphatic carbocycles. The van der Waals surface area contributed by atoms with Crippen LogP contribution in [0.15, 0.2) is 200 Å². The van der Waals surface area contributed by atoms with Crippen molar-refractivity contribution in [3.05, 3.63) is 211 Å². The van der Waals surface area contributed by atoms with Gasteiger partial charge in [-0.1, -0.05) is 158 Å². The molecule has 0 saturated heterocycles. The van der Waals surface area contributed by atoms with Gasteiger partial charge in [0.15, 0.2) is 0 Å². The smallest absolute Gasteiger partial charge is 0.0540 e. The van der Waals surface area contributed by atoms with Gasteiger partial charge >= 0.3 is 0 Å². The maximum atomic E-state index is 2.41. The van der Waals surface area contributed by atoms with Crippen LogP contribution in [0.4, 0.5) is 22.7 Å². The number of aryl methyl sites for hydroxylation is 1. The first-order chi connectivity index (χ1) is 28.2. The summed E-state index contributed by atoms with van der Waals surface area (Å²) in [6.07, 6.45) is 2.04. The van der Waals surface area contributed by atoms with Gasteiger partial charge in [-0.05, 0) is 121 Å². The van der Waals surface area contributed by atoms with Gasteiger partial charge in [0, 0.05) is 40.4 Å². The maximum Gasteiger partial charge on any atom is 0.0540 e. The third kappa shape index (κ3) is 5.56. The molecule has 2 nitrogen and oxygen atoms in total. The van der Waals surface area contributed by atoms with E-state index >= 15 is 0 Å². The second kappa shape index (κ2) is 13.5. The fourth-order valence-corrected chi connectivity index (χ4v) is 9.40. The van der Waals surface area contributed by atoms with Crippen LogP contribution in [-0.4, -0.2) is 7.05 Å². The van der Waals surface area contributed by atoms with Crippen molar-refractivity contribution in [3.63, 3.8) is 0 Å². The Kier molecular flexibility index (Phi) is 7.89. The third-order valence-corrected chi connectivity index (χ3v) is 12.1. The van der Waals surface area contributed by atoms with Gasteiger partial charge < -0.3 is 9.80 Å². The lowest BCUT2D eigenvalue weighted by Gasteiger charge is -2.28. The van der Waals surface area contributed by atoms with Gasteiger partial charge in [0.1, 0.15) is 0 Å². The van der Waals surface area contributed by atoms with Crippen LogP contribution in [0.3, 0.4) is 0 Å². The minimum Gasteiger partial charge on any atom is -0.348 e. The summed E-state index contributed by atoms with van der Waals surface area (Å²) in [5, 5.41) is 12.1. The van der Waals surface area contributed by atoms with Gasteiger partial charge in [-0.15, -0.1) is 0 Å². The molecule has 0 fully saturated rings. The summed E-state index contributed by atoms with van der Waals surface area (Å²) >= 11 is 0. The first-order valence-corrected chi connectivity index (χ1v) is 20.0. The Bertz CT molecular complexity index is 3170. The van der Waals surface area contributed by atoms with Crippen molar-refractivity contribution < 1.29 is 0 Å². The highest BCUT2D eigenvalue weighted by molar-refractivity contribution is 6.23. The highest BCUT2D eigenvalue weighted by Crippen LogP contribution is 2.42. The van der Waals surface area contributed by atoms with Gasteiger partial charge in [0.2, 0.25) is 0 Å². The Hall–Kier alpha value is -7.16. The molecule has 0 aliphatic heterocycles. The third-order valence-electron chi connectivity index (χ3n) is 12.1. The zero-order valence-electron chi connectivity index (χ0n) is 31.9. The lowest BCUT2D eigenvalue weighted by Crippen LogP contribution is -2.27. The SMILES string of the molecule is CN(C1=c2cccc3c2c(c2cccc4cccc3c42)CC1)c1ccc(-c2ccc(N(c3cccc(-c4ccccc4)c3)c3cccc4ccccc34)cc2)cc1. The Morgan fingerprint density at radius 1 is 0.368 bits per heavy atom. The molecule has 0 atom stereocenters. The van der Waals surface area contributed by atoms with Crippen molar-refractivity contribution in [1.29, 1.82) is 0 Å². The summed E-state index contributed by atoms with van der Waals surface area (Å²) in [6.45, 7) is 0. The van der Waals surface area contributed by atoms with Crippen LogP contribution >= 0.6 is 0 Å². The van der Waals surface area contributed by atoms with Crippen LogP contribution in [0.1, 0.15) is 12.0 Å². The van der Waals surface area contributed by atoms with Gasteiger partial charge in [-0.2, -0.15) is 0 Å². The zero-order chi connectivity index (χ0) is 37.9. The fraction of sp³-hybridized carbons (Fsp3) is 0.0545.